The second-order valence-electron chi connectivity index (χ2n) is 7.37. The van der Waals surface area contributed by atoms with Crippen LogP contribution in [0.2, 0.25) is 0 Å². The Morgan fingerprint density at radius 2 is 2.07 bits per heavy atom. The smallest absolute Gasteiger partial charge is 0.191 e. The molecule has 156 valence electrons. The van der Waals surface area contributed by atoms with Gasteiger partial charge in [0, 0.05) is 45.2 Å². The van der Waals surface area contributed by atoms with E-state index in [-0.39, 0.29) is 0 Å². The van der Waals surface area contributed by atoms with Crippen molar-refractivity contribution in [2.45, 2.75) is 45.3 Å². The normalized spacial score (nSPS) is 16.0. The number of aryl methyl sites for hydroxylation is 1. The highest BCUT2D eigenvalue weighted by atomic mass is 15.3. The molecule has 7 heteroatoms. The largest absolute Gasteiger partial charge is 0.354 e. The summed E-state index contributed by atoms with van der Waals surface area (Å²) >= 11 is 0. The van der Waals surface area contributed by atoms with E-state index in [0.29, 0.717) is 19.1 Å². The molecule has 1 fully saturated rings. The highest BCUT2D eigenvalue weighted by Gasteiger charge is 2.20. The molecule has 0 unspecified atom stereocenters. The lowest BCUT2D eigenvalue weighted by Crippen LogP contribution is -2.48. The number of hydrogen-bond donors (Lipinski definition) is 2. The number of rotatable bonds is 9. The van der Waals surface area contributed by atoms with E-state index in [1.54, 1.807) is 6.33 Å². The van der Waals surface area contributed by atoms with Gasteiger partial charge < -0.3 is 15.2 Å². The quantitative estimate of drug-likeness (QED) is 0.387. The van der Waals surface area contributed by atoms with Crippen LogP contribution in [0.1, 0.15) is 31.2 Å². The maximum atomic E-state index is 4.75. The van der Waals surface area contributed by atoms with Crippen molar-refractivity contribution in [2.24, 2.45) is 4.99 Å². The van der Waals surface area contributed by atoms with Crippen LogP contribution in [0.5, 0.6) is 0 Å². The number of benzene rings is 1. The summed E-state index contributed by atoms with van der Waals surface area (Å²) in [6.45, 7) is 11.3. The zero-order valence-corrected chi connectivity index (χ0v) is 17.4. The molecule has 0 aliphatic carbocycles. The van der Waals surface area contributed by atoms with Crippen molar-refractivity contribution >= 4 is 5.96 Å². The first-order chi connectivity index (χ1) is 14.3. The average molecular weight is 396 g/mol. The van der Waals surface area contributed by atoms with E-state index in [1.807, 2.05) is 6.08 Å². The van der Waals surface area contributed by atoms with Crippen molar-refractivity contribution in [2.75, 3.05) is 26.2 Å². The van der Waals surface area contributed by atoms with E-state index >= 15 is 0 Å². The van der Waals surface area contributed by atoms with E-state index in [4.69, 9.17) is 4.99 Å². The van der Waals surface area contributed by atoms with Crippen molar-refractivity contribution in [3.05, 3.63) is 60.7 Å². The molecular weight excluding hydrogens is 362 g/mol. The Kier molecular flexibility index (Phi) is 8.25. The Hall–Kier alpha value is -2.67. The van der Waals surface area contributed by atoms with Crippen molar-refractivity contribution < 1.29 is 0 Å². The maximum Gasteiger partial charge on any atom is 0.191 e. The summed E-state index contributed by atoms with van der Waals surface area (Å²) in [7, 11) is 0. The SMILES string of the molecule is C=CCNC(=NCCn1cnnc1CC)NC1CCN(Cc2ccccc2)CC1. The van der Waals surface area contributed by atoms with Crippen LogP contribution in [0.3, 0.4) is 0 Å². The molecule has 1 aromatic heterocycles. The number of hydrogen-bond acceptors (Lipinski definition) is 4. The van der Waals surface area contributed by atoms with Crippen molar-refractivity contribution in [3.63, 3.8) is 0 Å². The van der Waals surface area contributed by atoms with Crippen LogP contribution in [0.15, 0.2) is 54.3 Å². The van der Waals surface area contributed by atoms with Crippen LogP contribution in [0, 0.1) is 0 Å². The Bertz CT molecular complexity index is 760. The molecule has 7 nitrogen and oxygen atoms in total. The molecule has 0 spiro atoms. The first kappa shape index (κ1) is 21.0. The number of aromatic nitrogens is 3. The van der Waals surface area contributed by atoms with Crippen LogP contribution in [0.25, 0.3) is 0 Å². The molecule has 1 aliphatic heterocycles. The number of nitrogens with zero attached hydrogens (tertiary/aromatic N) is 5. The minimum absolute atomic E-state index is 0.444. The van der Waals surface area contributed by atoms with Crippen molar-refractivity contribution in [1.82, 2.24) is 30.3 Å². The molecule has 2 aromatic rings. The summed E-state index contributed by atoms with van der Waals surface area (Å²) < 4.78 is 2.07. The topological polar surface area (TPSA) is 70.4 Å². The summed E-state index contributed by atoms with van der Waals surface area (Å²) in [5, 5.41) is 15.1. The van der Waals surface area contributed by atoms with Crippen LogP contribution in [-0.4, -0.2) is 57.8 Å². The lowest BCUT2D eigenvalue weighted by Gasteiger charge is -2.33. The predicted molar refractivity (Wildman–Crippen MR) is 118 cm³/mol. The van der Waals surface area contributed by atoms with E-state index < -0.39 is 0 Å². The number of likely N-dealkylation sites (tertiary alicyclic amines) is 1. The van der Waals surface area contributed by atoms with Gasteiger partial charge in [0.15, 0.2) is 5.96 Å². The van der Waals surface area contributed by atoms with Gasteiger partial charge in [0.05, 0.1) is 6.54 Å². The van der Waals surface area contributed by atoms with E-state index in [9.17, 15) is 0 Å². The van der Waals surface area contributed by atoms with Crippen molar-refractivity contribution in [3.8, 4) is 0 Å². The summed E-state index contributed by atoms with van der Waals surface area (Å²) in [4.78, 5) is 7.28. The lowest BCUT2D eigenvalue weighted by molar-refractivity contribution is 0.198. The second-order valence-corrected chi connectivity index (χ2v) is 7.37. The first-order valence-electron chi connectivity index (χ1n) is 10.6. The summed E-state index contributed by atoms with van der Waals surface area (Å²) in [5.74, 6) is 1.86. The third kappa shape index (κ3) is 6.71. The molecule has 29 heavy (non-hydrogen) atoms. The Labute approximate surface area is 173 Å². The maximum absolute atomic E-state index is 4.75. The Morgan fingerprint density at radius 1 is 1.28 bits per heavy atom. The van der Waals surface area contributed by atoms with Crippen LogP contribution < -0.4 is 10.6 Å². The molecule has 3 rings (SSSR count). The average Bonchev–Trinajstić information content (AvgIpc) is 3.21. The van der Waals surface area contributed by atoms with Gasteiger partial charge in [0.1, 0.15) is 12.2 Å². The number of nitrogens with one attached hydrogen (secondary N) is 2. The molecule has 1 aromatic carbocycles. The third-order valence-electron chi connectivity index (χ3n) is 5.21. The molecule has 0 atom stereocenters. The predicted octanol–water partition coefficient (Wildman–Crippen LogP) is 2.23. The number of aliphatic imine (C=N–C) groups is 1. The van der Waals surface area contributed by atoms with Gasteiger partial charge in [-0.2, -0.15) is 0 Å². The molecule has 2 heterocycles. The fourth-order valence-electron chi connectivity index (χ4n) is 3.60. The fraction of sp³-hybridized carbons (Fsp3) is 0.500. The Balaban J connectivity index is 1.47. The van der Waals surface area contributed by atoms with Gasteiger partial charge in [0.25, 0.3) is 0 Å². The van der Waals surface area contributed by atoms with E-state index in [2.05, 4.69) is 74.1 Å². The van der Waals surface area contributed by atoms with E-state index in [1.165, 1.54) is 5.56 Å². The van der Waals surface area contributed by atoms with Gasteiger partial charge >= 0.3 is 0 Å². The zero-order chi connectivity index (χ0) is 20.3. The molecule has 0 radical (unpaired) electrons. The first-order valence-corrected chi connectivity index (χ1v) is 10.6. The van der Waals surface area contributed by atoms with Crippen LogP contribution in [0.4, 0.5) is 0 Å². The summed E-state index contributed by atoms with van der Waals surface area (Å²) in [6.07, 6.45) is 6.75. The molecule has 0 amide bonds. The highest BCUT2D eigenvalue weighted by molar-refractivity contribution is 5.80. The van der Waals surface area contributed by atoms with Gasteiger partial charge in [-0.3, -0.25) is 9.89 Å². The lowest BCUT2D eigenvalue weighted by atomic mass is 10.0. The summed E-state index contributed by atoms with van der Waals surface area (Å²) in [5.41, 5.74) is 1.38. The molecule has 0 saturated carbocycles. The van der Waals surface area contributed by atoms with E-state index in [0.717, 1.165) is 57.2 Å². The summed E-state index contributed by atoms with van der Waals surface area (Å²) in [6, 6.07) is 11.1. The van der Waals surface area contributed by atoms with Crippen LogP contribution in [-0.2, 0) is 19.5 Å². The van der Waals surface area contributed by atoms with Gasteiger partial charge in [-0.1, -0.05) is 43.3 Å². The minimum Gasteiger partial charge on any atom is -0.354 e. The minimum atomic E-state index is 0.444. The molecule has 1 aliphatic rings. The van der Waals surface area contributed by atoms with Crippen LogP contribution >= 0.6 is 0 Å². The third-order valence-corrected chi connectivity index (χ3v) is 5.21. The monoisotopic (exact) mass is 395 g/mol. The zero-order valence-electron chi connectivity index (χ0n) is 17.4. The molecule has 2 N–H and O–H groups in total. The second kappa shape index (κ2) is 11.4. The Morgan fingerprint density at radius 3 is 2.79 bits per heavy atom. The van der Waals surface area contributed by atoms with Crippen molar-refractivity contribution in [1.29, 1.82) is 0 Å². The standard InChI is InChI=1S/C22H33N7/c1-3-12-23-22(24-13-16-29-18-25-27-21(29)4-2)26-20-10-14-28(15-11-20)17-19-8-6-5-7-9-19/h3,5-9,18,20H,1,4,10-17H2,2H3,(H2,23,24,26). The molecule has 0 bridgehead atoms. The number of piperidine rings is 1. The fourth-order valence-corrected chi connectivity index (χ4v) is 3.60. The van der Waals surface area contributed by atoms with Gasteiger partial charge in [0.2, 0.25) is 0 Å². The van der Waals surface area contributed by atoms with Gasteiger partial charge in [-0.25, -0.2) is 0 Å². The van der Waals surface area contributed by atoms with Gasteiger partial charge in [-0.15, -0.1) is 16.8 Å². The highest BCUT2D eigenvalue weighted by Crippen LogP contribution is 2.13. The molecular formula is C22H33N7. The molecule has 1 saturated heterocycles. The van der Waals surface area contributed by atoms with Gasteiger partial charge in [-0.05, 0) is 18.4 Å². The number of guanidine groups is 1.